The first kappa shape index (κ1) is 14.2. The van der Waals surface area contributed by atoms with E-state index < -0.39 is 0 Å². The van der Waals surface area contributed by atoms with E-state index in [-0.39, 0.29) is 5.56 Å². The minimum atomic E-state index is 0.0460. The van der Waals surface area contributed by atoms with Gasteiger partial charge in [-0.1, -0.05) is 18.9 Å². The van der Waals surface area contributed by atoms with Crippen LogP contribution < -0.4 is 5.56 Å². The molecule has 5 nitrogen and oxygen atoms in total. The number of aryl methyl sites for hydroxylation is 2. The predicted octanol–water partition coefficient (Wildman–Crippen LogP) is 3.36. The number of nitrogens with zero attached hydrogens (tertiary/aromatic N) is 3. The van der Waals surface area contributed by atoms with Gasteiger partial charge in [0.2, 0.25) is 0 Å². The van der Waals surface area contributed by atoms with E-state index in [1.807, 2.05) is 32.0 Å². The number of fused-ring (bicyclic) bond motifs is 1. The molecule has 0 radical (unpaired) electrons. The van der Waals surface area contributed by atoms with Gasteiger partial charge in [0.05, 0.1) is 11.3 Å². The average Bonchev–Trinajstić information content (AvgIpc) is 3.16. The molecule has 0 saturated heterocycles. The lowest BCUT2D eigenvalue weighted by molar-refractivity contribution is 0.686. The Hall–Kier alpha value is -2.43. The first-order valence-corrected chi connectivity index (χ1v) is 8.20. The molecule has 0 amide bonds. The molecule has 0 spiro atoms. The second kappa shape index (κ2) is 5.33. The number of hydrogen-bond donors (Lipinski definition) is 1. The lowest BCUT2D eigenvalue weighted by Gasteiger charge is -2.11. The van der Waals surface area contributed by atoms with E-state index in [0.29, 0.717) is 11.6 Å². The summed E-state index contributed by atoms with van der Waals surface area (Å²) in [7, 11) is 0. The summed E-state index contributed by atoms with van der Waals surface area (Å²) in [5.41, 5.74) is 5.12. The van der Waals surface area contributed by atoms with E-state index >= 15 is 0 Å². The van der Waals surface area contributed by atoms with Crippen LogP contribution in [-0.4, -0.2) is 19.6 Å². The van der Waals surface area contributed by atoms with Gasteiger partial charge in [0.15, 0.2) is 5.65 Å². The summed E-state index contributed by atoms with van der Waals surface area (Å²) in [5.74, 6) is 0.355. The molecule has 118 valence electrons. The molecule has 0 bridgehead atoms. The quantitative estimate of drug-likeness (QED) is 0.789. The molecule has 0 aromatic carbocycles. The van der Waals surface area contributed by atoms with Crippen molar-refractivity contribution in [3.05, 3.63) is 51.7 Å². The fourth-order valence-corrected chi connectivity index (χ4v) is 3.81. The first-order valence-electron chi connectivity index (χ1n) is 8.20. The number of hydrogen-bond acceptors (Lipinski definition) is 3. The zero-order valence-corrected chi connectivity index (χ0v) is 13.5. The minimum absolute atomic E-state index is 0.0460. The topological polar surface area (TPSA) is 63.1 Å². The largest absolute Gasteiger partial charge is 0.293 e. The van der Waals surface area contributed by atoms with Crippen molar-refractivity contribution in [1.82, 2.24) is 19.6 Å². The van der Waals surface area contributed by atoms with Crippen LogP contribution in [0.15, 0.2) is 29.2 Å². The van der Waals surface area contributed by atoms with Crippen molar-refractivity contribution in [3.63, 3.8) is 0 Å². The molecule has 1 N–H and O–H groups in total. The SMILES string of the molecule is Cc1nc2c(-c3ccccn3)c(C)[nH]n2c(=O)c1C1CCCC1. The second-order valence-corrected chi connectivity index (χ2v) is 6.38. The molecule has 1 aliphatic carbocycles. The van der Waals surface area contributed by atoms with Crippen molar-refractivity contribution >= 4 is 5.65 Å². The molecule has 23 heavy (non-hydrogen) atoms. The Morgan fingerprint density at radius 1 is 1.22 bits per heavy atom. The summed E-state index contributed by atoms with van der Waals surface area (Å²) in [6, 6.07) is 5.78. The van der Waals surface area contributed by atoms with Crippen LogP contribution in [0.3, 0.4) is 0 Å². The van der Waals surface area contributed by atoms with E-state index in [1.165, 1.54) is 12.8 Å². The number of aromatic amines is 1. The Kier molecular flexibility index (Phi) is 3.29. The summed E-state index contributed by atoms with van der Waals surface area (Å²) in [4.78, 5) is 22.2. The average molecular weight is 308 g/mol. The van der Waals surface area contributed by atoms with Crippen molar-refractivity contribution in [2.45, 2.75) is 45.4 Å². The lowest BCUT2D eigenvalue weighted by Crippen LogP contribution is -2.23. The van der Waals surface area contributed by atoms with Crippen LogP contribution >= 0.6 is 0 Å². The van der Waals surface area contributed by atoms with Crippen molar-refractivity contribution in [2.24, 2.45) is 0 Å². The fourth-order valence-electron chi connectivity index (χ4n) is 3.81. The second-order valence-electron chi connectivity index (χ2n) is 6.38. The summed E-state index contributed by atoms with van der Waals surface area (Å²) >= 11 is 0. The lowest BCUT2D eigenvalue weighted by atomic mass is 9.97. The molecule has 3 heterocycles. The minimum Gasteiger partial charge on any atom is -0.293 e. The molecule has 0 atom stereocenters. The van der Waals surface area contributed by atoms with E-state index in [0.717, 1.165) is 41.1 Å². The number of rotatable bonds is 2. The number of pyridine rings is 1. The molecule has 1 aliphatic rings. The van der Waals surface area contributed by atoms with Crippen LogP contribution in [0.1, 0.15) is 48.6 Å². The van der Waals surface area contributed by atoms with Gasteiger partial charge >= 0.3 is 0 Å². The summed E-state index contributed by atoms with van der Waals surface area (Å²) in [5, 5.41) is 3.19. The van der Waals surface area contributed by atoms with Gasteiger partial charge in [0.1, 0.15) is 0 Å². The van der Waals surface area contributed by atoms with Crippen LogP contribution in [0.4, 0.5) is 0 Å². The first-order chi connectivity index (χ1) is 11.2. The normalized spacial score (nSPS) is 15.6. The molecule has 1 fully saturated rings. The van der Waals surface area contributed by atoms with Gasteiger partial charge in [0.25, 0.3) is 5.56 Å². The summed E-state index contributed by atoms with van der Waals surface area (Å²) in [6.45, 7) is 3.92. The van der Waals surface area contributed by atoms with Crippen molar-refractivity contribution in [2.75, 3.05) is 0 Å². The molecule has 0 aliphatic heterocycles. The van der Waals surface area contributed by atoms with Crippen LogP contribution in [0.25, 0.3) is 16.9 Å². The Morgan fingerprint density at radius 3 is 2.70 bits per heavy atom. The molecule has 5 heteroatoms. The Bertz CT molecular complexity index is 918. The third kappa shape index (κ3) is 2.19. The highest BCUT2D eigenvalue weighted by atomic mass is 16.1. The highest BCUT2D eigenvalue weighted by molar-refractivity contribution is 5.77. The van der Waals surface area contributed by atoms with E-state index in [4.69, 9.17) is 4.98 Å². The van der Waals surface area contributed by atoms with Crippen molar-refractivity contribution in [1.29, 1.82) is 0 Å². The van der Waals surface area contributed by atoms with E-state index in [9.17, 15) is 4.79 Å². The maximum Gasteiger partial charge on any atom is 0.276 e. The van der Waals surface area contributed by atoms with Gasteiger partial charge in [-0.2, -0.15) is 0 Å². The molecular formula is C18H20N4O. The Labute approximate surface area is 134 Å². The molecule has 3 aromatic rings. The van der Waals surface area contributed by atoms with Crippen LogP contribution in [0, 0.1) is 13.8 Å². The van der Waals surface area contributed by atoms with Crippen LogP contribution in [0.5, 0.6) is 0 Å². The maximum absolute atomic E-state index is 13.0. The number of nitrogens with one attached hydrogen (secondary N) is 1. The molecular weight excluding hydrogens is 288 g/mol. The van der Waals surface area contributed by atoms with Crippen molar-refractivity contribution in [3.8, 4) is 11.3 Å². The van der Waals surface area contributed by atoms with Gasteiger partial charge in [-0.15, -0.1) is 0 Å². The summed E-state index contributed by atoms with van der Waals surface area (Å²) < 4.78 is 1.60. The molecule has 0 unspecified atom stereocenters. The smallest absolute Gasteiger partial charge is 0.276 e. The summed E-state index contributed by atoms with van der Waals surface area (Å²) in [6.07, 6.45) is 6.35. The maximum atomic E-state index is 13.0. The number of aromatic nitrogens is 4. The third-order valence-corrected chi connectivity index (χ3v) is 4.87. The highest BCUT2D eigenvalue weighted by Crippen LogP contribution is 2.34. The third-order valence-electron chi connectivity index (χ3n) is 4.87. The van der Waals surface area contributed by atoms with E-state index in [1.54, 1.807) is 10.7 Å². The van der Waals surface area contributed by atoms with Crippen LogP contribution in [0.2, 0.25) is 0 Å². The fraction of sp³-hybridized carbons (Fsp3) is 0.389. The van der Waals surface area contributed by atoms with Gasteiger partial charge in [-0.3, -0.25) is 14.9 Å². The van der Waals surface area contributed by atoms with Gasteiger partial charge in [-0.25, -0.2) is 9.50 Å². The monoisotopic (exact) mass is 308 g/mol. The molecule has 1 saturated carbocycles. The van der Waals surface area contributed by atoms with Gasteiger partial charge in [0, 0.05) is 23.1 Å². The molecule has 4 rings (SSSR count). The zero-order valence-electron chi connectivity index (χ0n) is 13.5. The number of H-pyrrole nitrogens is 1. The van der Waals surface area contributed by atoms with Crippen LogP contribution in [-0.2, 0) is 0 Å². The predicted molar refractivity (Wildman–Crippen MR) is 89.7 cm³/mol. The van der Waals surface area contributed by atoms with Crippen molar-refractivity contribution < 1.29 is 0 Å². The van der Waals surface area contributed by atoms with Gasteiger partial charge in [-0.05, 0) is 44.7 Å². The molecule has 3 aromatic heterocycles. The Morgan fingerprint density at radius 2 is 2.00 bits per heavy atom. The zero-order chi connectivity index (χ0) is 16.0. The van der Waals surface area contributed by atoms with Gasteiger partial charge < -0.3 is 0 Å². The highest BCUT2D eigenvalue weighted by Gasteiger charge is 2.25. The standard InChI is InChI=1S/C18H20N4O/c1-11-15(13-7-3-4-8-13)18(23)22-17(20-11)16(12(2)21-22)14-9-5-6-10-19-14/h5-6,9-10,13,21H,3-4,7-8H2,1-2H3. The van der Waals surface area contributed by atoms with E-state index in [2.05, 4.69) is 10.1 Å². The Balaban J connectivity index is 1.99.